The van der Waals surface area contributed by atoms with Crippen LogP contribution in [0, 0.1) is 0 Å². The number of hydrogen-bond donors (Lipinski definition) is 2. The van der Waals surface area contributed by atoms with E-state index >= 15 is 0 Å². The van der Waals surface area contributed by atoms with E-state index in [1.165, 1.54) is 0 Å². The number of carbonyl (C=O) groups excluding carboxylic acids is 1. The molecule has 2 N–H and O–H groups in total. The molecule has 0 radical (unpaired) electrons. The van der Waals surface area contributed by atoms with Gasteiger partial charge in [0.05, 0.1) is 98.9 Å². The van der Waals surface area contributed by atoms with Gasteiger partial charge in [0.25, 0.3) is 0 Å². The van der Waals surface area contributed by atoms with E-state index in [-0.39, 0.29) is 19.6 Å². The number of carboxylic acid groups (broad SMARTS) is 1. The molecule has 0 aliphatic heterocycles. The molecule has 0 aliphatic carbocycles. The first kappa shape index (κ1) is 32.7. The van der Waals surface area contributed by atoms with Crippen molar-refractivity contribution >= 4 is 12.1 Å². The first-order valence-electron chi connectivity index (χ1n) is 12.4. The van der Waals surface area contributed by atoms with Gasteiger partial charge in [-0.05, 0) is 5.56 Å². The Morgan fingerprint density at radius 2 is 1.00 bits per heavy atom. The summed E-state index contributed by atoms with van der Waals surface area (Å²) in [5.74, 6) is -0.877. The molecule has 212 valence electrons. The second-order valence-electron chi connectivity index (χ2n) is 7.42. The molecule has 12 heteroatoms. The predicted octanol–water partition coefficient (Wildman–Crippen LogP) is 1.50. The zero-order valence-corrected chi connectivity index (χ0v) is 21.4. The Hall–Kier alpha value is -2.32. The Morgan fingerprint density at radius 1 is 0.595 bits per heavy atom. The maximum Gasteiger partial charge on any atom is 0.407 e. The number of hydrogen-bond acceptors (Lipinski definition) is 10. The Morgan fingerprint density at radius 3 is 1.43 bits per heavy atom. The lowest BCUT2D eigenvalue weighted by Gasteiger charge is -2.09. The highest BCUT2D eigenvalue weighted by molar-refractivity contribution is 5.67. The quantitative estimate of drug-likeness (QED) is 0.168. The number of nitrogens with one attached hydrogen (secondary N) is 1. The van der Waals surface area contributed by atoms with E-state index in [9.17, 15) is 9.59 Å². The van der Waals surface area contributed by atoms with E-state index < -0.39 is 12.1 Å². The van der Waals surface area contributed by atoms with Gasteiger partial charge in [0.1, 0.15) is 6.61 Å². The van der Waals surface area contributed by atoms with Crippen molar-refractivity contribution in [2.24, 2.45) is 0 Å². The largest absolute Gasteiger partial charge is 0.481 e. The first-order chi connectivity index (χ1) is 18.2. The third kappa shape index (κ3) is 23.8. The summed E-state index contributed by atoms with van der Waals surface area (Å²) >= 11 is 0. The Bertz CT molecular complexity index is 663. The van der Waals surface area contributed by atoms with E-state index in [1.807, 2.05) is 30.3 Å². The fourth-order valence-electron chi connectivity index (χ4n) is 2.58. The van der Waals surface area contributed by atoms with Gasteiger partial charge in [-0.1, -0.05) is 30.3 Å². The van der Waals surface area contributed by atoms with Crippen LogP contribution in [0.4, 0.5) is 4.79 Å². The number of ether oxygens (including phenoxy) is 8. The maximum atomic E-state index is 11.6. The fraction of sp³-hybridized carbons (Fsp3) is 0.680. The molecule has 0 bridgehead atoms. The van der Waals surface area contributed by atoms with Gasteiger partial charge < -0.3 is 48.3 Å². The Balaban J connectivity index is 1.68. The molecule has 0 fully saturated rings. The highest BCUT2D eigenvalue weighted by atomic mass is 16.6. The summed E-state index contributed by atoms with van der Waals surface area (Å²) in [5.41, 5.74) is 0.933. The molecule has 0 heterocycles. The molecule has 0 spiro atoms. The van der Waals surface area contributed by atoms with Crippen LogP contribution in [0.15, 0.2) is 30.3 Å². The molecule has 1 rings (SSSR count). The standard InChI is InChI=1S/C25H41NO11/c27-24(28)6-8-30-10-12-32-14-16-34-18-20-36-21-19-35-17-15-33-13-11-31-9-7-26-25(29)37-22-23-4-2-1-3-5-23/h1-5H,6-22H2,(H,26,29)(H,27,28). The zero-order valence-electron chi connectivity index (χ0n) is 21.4. The molecule has 1 amide bonds. The van der Waals surface area contributed by atoms with Gasteiger partial charge in [-0.2, -0.15) is 0 Å². The van der Waals surface area contributed by atoms with Gasteiger partial charge >= 0.3 is 12.1 Å². The van der Waals surface area contributed by atoms with Crippen molar-refractivity contribution in [3.8, 4) is 0 Å². The van der Waals surface area contributed by atoms with Crippen LogP contribution in [0.2, 0.25) is 0 Å². The van der Waals surface area contributed by atoms with Gasteiger partial charge in [0.2, 0.25) is 0 Å². The van der Waals surface area contributed by atoms with Crippen molar-refractivity contribution in [2.75, 3.05) is 99.0 Å². The van der Waals surface area contributed by atoms with Crippen LogP contribution in [0.5, 0.6) is 0 Å². The molecule has 1 aromatic rings. The maximum absolute atomic E-state index is 11.6. The van der Waals surface area contributed by atoms with Crippen molar-refractivity contribution in [3.63, 3.8) is 0 Å². The third-order valence-electron chi connectivity index (χ3n) is 4.42. The fourth-order valence-corrected chi connectivity index (χ4v) is 2.58. The molecule has 12 nitrogen and oxygen atoms in total. The number of alkyl carbamates (subject to hydrolysis) is 1. The van der Waals surface area contributed by atoms with Crippen LogP contribution < -0.4 is 5.32 Å². The van der Waals surface area contributed by atoms with Crippen LogP contribution in [-0.4, -0.2) is 116 Å². The molecular formula is C25H41NO11. The van der Waals surface area contributed by atoms with Gasteiger partial charge in [0.15, 0.2) is 0 Å². The Kier molecular flexibility index (Phi) is 22.4. The number of carboxylic acids is 1. The number of amides is 1. The van der Waals surface area contributed by atoms with Crippen LogP contribution in [0.1, 0.15) is 12.0 Å². The van der Waals surface area contributed by atoms with Gasteiger partial charge in [0, 0.05) is 6.54 Å². The monoisotopic (exact) mass is 531 g/mol. The average Bonchev–Trinajstić information content (AvgIpc) is 2.90. The minimum Gasteiger partial charge on any atom is -0.481 e. The summed E-state index contributed by atoms with van der Waals surface area (Å²) in [4.78, 5) is 21.9. The summed E-state index contributed by atoms with van der Waals surface area (Å²) in [5, 5.41) is 11.1. The summed E-state index contributed by atoms with van der Waals surface area (Å²) in [6.07, 6.45) is -0.479. The number of rotatable bonds is 26. The van der Waals surface area contributed by atoms with Crippen LogP contribution in [0.25, 0.3) is 0 Å². The summed E-state index contributed by atoms with van der Waals surface area (Å²) < 4.78 is 42.5. The molecule has 0 aliphatic rings. The van der Waals surface area contributed by atoms with Crippen molar-refractivity contribution in [1.29, 1.82) is 0 Å². The second-order valence-corrected chi connectivity index (χ2v) is 7.42. The lowest BCUT2D eigenvalue weighted by atomic mass is 10.2. The highest BCUT2D eigenvalue weighted by Crippen LogP contribution is 2.00. The Labute approximate surface area is 218 Å². The van der Waals surface area contributed by atoms with Crippen molar-refractivity contribution in [1.82, 2.24) is 5.32 Å². The smallest absolute Gasteiger partial charge is 0.407 e. The predicted molar refractivity (Wildman–Crippen MR) is 133 cm³/mol. The highest BCUT2D eigenvalue weighted by Gasteiger charge is 2.02. The molecule has 0 saturated heterocycles. The third-order valence-corrected chi connectivity index (χ3v) is 4.42. The normalized spacial score (nSPS) is 10.9. The van der Waals surface area contributed by atoms with Gasteiger partial charge in [-0.15, -0.1) is 0 Å². The molecule has 0 unspecified atom stereocenters. The lowest BCUT2D eigenvalue weighted by Crippen LogP contribution is -2.28. The summed E-state index contributed by atoms with van der Waals surface area (Å²) in [6, 6.07) is 9.48. The topological polar surface area (TPSA) is 140 Å². The first-order valence-corrected chi connectivity index (χ1v) is 12.4. The minimum atomic E-state index is -0.877. The van der Waals surface area contributed by atoms with E-state index in [0.717, 1.165) is 5.56 Å². The molecule has 0 saturated carbocycles. The van der Waals surface area contributed by atoms with E-state index in [2.05, 4.69) is 5.32 Å². The van der Waals surface area contributed by atoms with Crippen LogP contribution in [0.3, 0.4) is 0 Å². The summed E-state index contributed by atoms with van der Waals surface area (Å²) in [7, 11) is 0. The number of carbonyl (C=O) groups is 2. The lowest BCUT2D eigenvalue weighted by molar-refractivity contribution is -0.138. The van der Waals surface area contributed by atoms with Gasteiger partial charge in [-0.3, -0.25) is 4.79 Å². The van der Waals surface area contributed by atoms with Crippen LogP contribution >= 0.6 is 0 Å². The van der Waals surface area contributed by atoms with Crippen LogP contribution in [-0.2, 0) is 49.3 Å². The molecule has 37 heavy (non-hydrogen) atoms. The van der Waals surface area contributed by atoms with Crippen molar-refractivity contribution in [3.05, 3.63) is 35.9 Å². The number of aliphatic carboxylic acids is 1. The molecule has 1 aromatic carbocycles. The van der Waals surface area contributed by atoms with Crippen molar-refractivity contribution < 1.29 is 52.6 Å². The molecular weight excluding hydrogens is 490 g/mol. The summed E-state index contributed by atoms with van der Waals surface area (Å²) in [6.45, 7) is 6.48. The van der Waals surface area contributed by atoms with E-state index in [4.69, 9.17) is 43.0 Å². The average molecular weight is 532 g/mol. The SMILES string of the molecule is O=C(O)CCOCCOCCOCCOCCOCCOCCOCCNC(=O)OCc1ccccc1. The van der Waals surface area contributed by atoms with E-state index in [0.29, 0.717) is 92.4 Å². The molecule has 0 aromatic heterocycles. The molecule has 0 atom stereocenters. The second kappa shape index (κ2) is 25.3. The minimum absolute atomic E-state index is 0.00486. The number of benzene rings is 1. The van der Waals surface area contributed by atoms with E-state index in [1.54, 1.807) is 0 Å². The van der Waals surface area contributed by atoms with Crippen molar-refractivity contribution in [2.45, 2.75) is 13.0 Å². The zero-order chi connectivity index (χ0) is 26.7. The van der Waals surface area contributed by atoms with Gasteiger partial charge in [-0.25, -0.2) is 4.79 Å².